The first-order valence-corrected chi connectivity index (χ1v) is 8.09. The van der Waals surface area contributed by atoms with Gasteiger partial charge in [-0.05, 0) is 12.0 Å². The molecule has 0 spiro atoms. The molecule has 0 bridgehead atoms. The van der Waals surface area contributed by atoms with Gasteiger partial charge in [-0.3, -0.25) is 4.79 Å². The average molecular weight is 348 g/mol. The van der Waals surface area contributed by atoms with Gasteiger partial charge < -0.3 is 24.5 Å². The number of rotatable bonds is 7. The van der Waals surface area contributed by atoms with Crippen molar-refractivity contribution in [2.24, 2.45) is 13.0 Å². The lowest BCUT2D eigenvalue weighted by Crippen LogP contribution is -2.45. The van der Waals surface area contributed by atoms with Crippen LogP contribution in [0.15, 0.2) is 18.2 Å². The molecule has 1 aromatic carbocycles. The molecule has 0 fully saturated rings. The Morgan fingerprint density at radius 2 is 1.92 bits per heavy atom. The fraction of sp³-hybridized carbons (Fsp3) is 0.444. The largest absolute Gasteiger partial charge is 0.497 e. The number of hydrogen-bond donors (Lipinski definition) is 2. The maximum absolute atomic E-state index is 12.7. The van der Waals surface area contributed by atoms with E-state index in [0.29, 0.717) is 23.6 Å². The van der Waals surface area contributed by atoms with Crippen LogP contribution in [0.3, 0.4) is 0 Å². The predicted molar refractivity (Wildman–Crippen MR) is 94.4 cm³/mol. The Labute approximate surface area is 146 Å². The first-order chi connectivity index (χ1) is 11.8. The highest BCUT2D eigenvalue weighted by Gasteiger charge is 2.27. The van der Waals surface area contributed by atoms with Crippen LogP contribution in [0.2, 0.25) is 0 Å². The summed E-state index contributed by atoms with van der Waals surface area (Å²) in [6.07, 6.45) is 0.650. The zero-order valence-electron chi connectivity index (χ0n) is 15.1. The van der Waals surface area contributed by atoms with Crippen LogP contribution >= 0.6 is 0 Å². The van der Waals surface area contributed by atoms with Crippen molar-refractivity contribution in [3.63, 3.8) is 0 Å². The van der Waals surface area contributed by atoms with Gasteiger partial charge in [0.05, 0.1) is 19.7 Å². The van der Waals surface area contributed by atoms with E-state index in [1.165, 1.54) is 0 Å². The lowest BCUT2D eigenvalue weighted by atomic mass is 9.99. The second-order valence-corrected chi connectivity index (χ2v) is 6.03. The molecular formula is C18H24N2O5. The van der Waals surface area contributed by atoms with E-state index < -0.39 is 17.9 Å². The number of nitrogens with zero attached hydrogens (tertiary/aromatic N) is 1. The van der Waals surface area contributed by atoms with E-state index in [0.717, 1.165) is 10.9 Å². The summed E-state index contributed by atoms with van der Waals surface area (Å²) in [5.41, 5.74) is 1.12. The molecule has 2 aromatic rings. The number of methoxy groups -OCH3 is 2. The van der Waals surface area contributed by atoms with Crippen LogP contribution in [0.4, 0.5) is 0 Å². The highest BCUT2D eigenvalue weighted by Crippen LogP contribution is 2.33. The number of hydrogen-bond acceptors (Lipinski definition) is 4. The van der Waals surface area contributed by atoms with Crippen LogP contribution in [-0.4, -0.2) is 41.8 Å². The summed E-state index contributed by atoms with van der Waals surface area (Å²) in [4.78, 5) is 24.1. The monoisotopic (exact) mass is 348 g/mol. The Morgan fingerprint density at radius 3 is 2.44 bits per heavy atom. The SMILES string of the molecule is CCC(C)C(NC(=O)c1cc2c(OC)cc(OC)cc2n1C)C(=O)O. The number of carboxylic acid groups (broad SMARTS) is 1. The van der Waals surface area contributed by atoms with E-state index >= 15 is 0 Å². The molecule has 0 saturated heterocycles. The third-order valence-corrected chi connectivity index (χ3v) is 4.55. The van der Waals surface area contributed by atoms with Gasteiger partial charge in [0.1, 0.15) is 23.2 Å². The second-order valence-electron chi connectivity index (χ2n) is 6.03. The van der Waals surface area contributed by atoms with E-state index in [4.69, 9.17) is 9.47 Å². The van der Waals surface area contributed by atoms with E-state index in [-0.39, 0.29) is 5.92 Å². The number of benzene rings is 1. The van der Waals surface area contributed by atoms with Crippen molar-refractivity contribution in [2.75, 3.05) is 14.2 Å². The van der Waals surface area contributed by atoms with Crippen LogP contribution in [0.25, 0.3) is 10.9 Å². The quantitative estimate of drug-likeness (QED) is 0.802. The fourth-order valence-electron chi connectivity index (χ4n) is 2.78. The van der Waals surface area contributed by atoms with Crippen molar-refractivity contribution in [3.05, 3.63) is 23.9 Å². The first kappa shape index (κ1) is 18.6. The first-order valence-electron chi connectivity index (χ1n) is 8.09. The second kappa shape index (κ2) is 7.46. The van der Waals surface area contributed by atoms with Crippen molar-refractivity contribution in [1.82, 2.24) is 9.88 Å². The fourth-order valence-corrected chi connectivity index (χ4v) is 2.78. The van der Waals surface area contributed by atoms with Gasteiger partial charge in [-0.2, -0.15) is 0 Å². The van der Waals surface area contributed by atoms with E-state index in [1.807, 2.05) is 6.92 Å². The summed E-state index contributed by atoms with van der Waals surface area (Å²) >= 11 is 0. The highest BCUT2D eigenvalue weighted by molar-refractivity contribution is 6.02. The summed E-state index contributed by atoms with van der Waals surface area (Å²) in [6.45, 7) is 3.69. The van der Waals surface area contributed by atoms with Gasteiger partial charge in [0.15, 0.2) is 0 Å². The lowest BCUT2D eigenvalue weighted by molar-refractivity contribution is -0.140. The molecule has 7 heteroatoms. The third-order valence-electron chi connectivity index (χ3n) is 4.55. The van der Waals surface area contributed by atoms with E-state index in [9.17, 15) is 14.7 Å². The van der Waals surface area contributed by atoms with E-state index in [2.05, 4.69) is 5.32 Å². The normalized spacial score (nSPS) is 13.3. The number of carboxylic acids is 1. The Morgan fingerprint density at radius 1 is 1.24 bits per heavy atom. The number of ether oxygens (including phenoxy) is 2. The standard InChI is InChI=1S/C18H24N2O5/c1-6-10(2)16(18(22)23)19-17(21)14-9-12-13(20(14)3)7-11(24-4)8-15(12)25-5/h7-10,16H,6H2,1-5H3,(H,19,21)(H,22,23). The van der Waals surface area contributed by atoms with Crippen molar-refractivity contribution in [3.8, 4) is 11.5 Å². The topological polar surface area (TPSA) is 89.8 Å². The molecule has 2 unspecified atom stereocenters. The van der Waals surface area contributed by atoms with Crippen LogP contribution < -0.4 is 14.8 Å². The average Bonchev–Trinajstić information content (AvgIpc) is 2.94. The zero-order valence-corrected chi connectivity index (χ0v) is 15.1. The Balaban J connectivity index is 2.45. The molecule has 0 aliphatic rings. The van der Waals surface area contributed by atoms with Gasteiger partial charge in [0.25, 0.3) is 5.91 Å². The van der Waals surface area contributed by atoms with Gasteiger partial charge in [-0.25, -0.2) is 4.79 Å². The van der Waals surface area contributed by atoms with Crippen LogP contribution in [-0.2, 0) is 11.8 Å². The number of aliphatic carboxylic acids is 1. The summed E-state index contributed by atoms with van der Waals surface area (Å²) in [5.74, 6) is -0.458. The molecule has 0 radical (unpaired) electrons. The van der Waals surface area contributed by atoms with Crippen LogP contribution in [0.5, 0.6) is 11.5 Å². The molecule has 2 rings (SSSR count). The maximum Gasteiger partial charge on any atom is 0.326 e. The number of nitrogens with one attached hydrogen (secondary N) is 1. The molecule has 136 valence electrons. The van der Waals surface area contributed by atoms with Gasteiger partial charge >= 0.3 is 5.97 Å². The van der Waals surface area contributed by atoms with E-state index in [1.54, 1.807) is 51.0 Å². The Bertz CT molecular complexity index is 796. The Kier molecular flexibility index (Phi) is 5.56. The van der Waals surface area contributed by atoms with Gasteiger partial charge in [0.2, 0.25) is 0 Å². The summed E-state index contributed by atoms with van der Waals surface area (Å²) in [7, 11) is 4.85. The molecule has 0 aliphatic heterocycles. The molecular weight excluding hydrogens is 324 g/mol. The van der Waals surface area contributed by atoms with Gasteiger partial charge in [-0.1, -0.05) is 20.3 Å². The summed E-state index contributed by atoms with van der Waals surface area (Å²) in [6, 6.07) is 4.30. The number of aromatic nitrogens is 1. The molecule has 25 heavy (non-hydrogen) atoms. The van der Waals surface area contributed by atoms with Gasteiger partial charge in [-0.15, -0.1) is 0 Å². The number of fused-ring (bicyclic) bond motifs is 1. The molecule has 2 atom stereocenters. The maximum atomic E-state index is 12.7. The van der Waals surface area contributed by atoms with Crippen LogP contribution in [0, 0.1) is 5.92 Å². The van der Waals surface area contributed by atoms with Crippen molar-refractivity contribution in [1.29, 1.82) is 0 Å². The van der Waals surface area contributed by atoms with Gasteiger partial charge in [0, 0.05) is 24.6 Å². The molecule has 1 aromatic heterocycles. The number of carbonyl (C=O) groups is 2. The molecule has 7 nitrogen and oxygen atoms in total. The summed E-state index contributed by atoms with van der Waals surface area (Å²) < 4.78 is 12.3. The molecule has 0 aliphatic carbocycles. The van der Waals surface area contributed by atoms with Crippen molar-refractivity contribution >= 4 is 22.8 Å². The minimum atomic E-state index is -1.04. The third kappa shape index (κ3) is 3.55. The van der Waals surface area contributed by atoms with Crippen LogP contribution in [0.1, 0.15) is 30.8 Å². The Hall–Kier alpha value is -2.70. The zero-order chi connectivity index (χ0) is 18.7. The smallest absolute Gasteiger partial charge is 0.326 e. The predicted octanol–water partition coefficient (Wildman–Crippen LogP) is 2.42. The number of amides is 1. The number of carbonyl (C=O) groups excluding carboxylic acids is 1. The molecule has 2 N–H and O–H groups in total. The molecule has 1 heterocycles. The highest BCUT2D eigenvalue weighted by atomic mass is 16.5. The number of aryl methyl sites for hydroxylation is 1. The van der Waals surface area contributed by atoms with Crippen molar-refractivity contribution < 1.29 is 24.2 Å². The molecule has 1 amide bonds. The summed E-state index contributed by atoms with van der Waals surface area (Å²) in [5, 5.41) is 12.7. The molecule has 0 saturated carbocycles. The minimum Gasteiger partial charge on any atom is -0.497 e. The van der Waals surface area contributed by atoms with Crippen molar-refractivity contribution in [2.45, 2.75) is 26.3 Å². The minimum absolute atomic E-state index is 0.175. The lowest BCUT2D eigenvalue weighted by Gasteiger charge is -2.20.